The fourth-order valence-electron chi connectivity index (χ4n) is 2.22. The molecular weight excluding hydrogens is 268 g/mol. The van der Waals surface area contributed by atoms with Crippen LogP contribution in [0.15, 0.2) is 30.3 Å². The summed E-state index contributed by atoms with van der Waals surface area (Å²) in [6.45, 7) is 2.47. The van der Waals surface area contributed by atoms with Crippen LogP contribution in [0.5, 0.6) is 0 Å². The molecule has 0 aliphatic heterocycles. The van der Waals surface area contributed by atoms with Crippen LogP contribution >= 0.6 is 0 Å². The summed E-state index contributed by atoms with van der Waals surface area (Å²) >= 11 is 0. The van der Waals surface area contributed by atoms with Crippen LogP contribution in [0.25, 0.3) is 0 Å². The first kappa shape index (κ1) is 17.2. The summed E-state index contributed by atoms with van der Waals surface area (Å²) in [6.07, 6.45) is 0.236. The van der Waals surface area contributed by atoms with Crippen molar-refractivity contribution in [2.75, 3.05) is 20.6 Å². The second kappa shape index (κ2) is 8.42. The van der Waals surface area contributed by atoms with Gasteiger partial charge < -0.3 is 15.3 Å². The maximum Gasteiger partial charge on any atom is 0.303 e. The number of nitrogens with zero attached hydrogens (tertiary/aromatic N) is 1. The van der Waals surface area contributed by atoms with E-state index in [1.54, 1.807) is 6.92 Å². The average Bonchev–Trinajstić information content (AvgIpc) is 2.37. The van der Waals surface area contributed by atoms with E-state index in [-0.39, 0.29) is 30.7 Å². The second-order valence-corrected chi connectivity index (χ2v) is 5.70. The van der Waals surface area contributed by atoms with Crippen LogP contribution in [0, 0.1) is 5.92 Å². The first-order valence-electron chi connectivity index (χ1n) is 7.09. The van der Waals surface area contributed by atoms with Crippen LogP contribution in [0.3, 0.4) is 0 Å². The summed E-state index contributed by atoms with van der Waals surface area (Å²) in [5.41, 5.74) is 1.05. The SMILES string of the molecule is CC(CC(=O)O)CC(=O)NC(CN(C)C)c1ccccc1. The van der Waals surface area contributed by atoms with Crippen LogP contribution in [0.1, 0.15) is 31.4 Å². The number of aliphatic carboxylic acids is 1. The van der Waals surface area contributed by atoms with Gasteiger partial charge in [-0.2, -0.15) is 0 Å². The van der Waals surface area contributed by atoms with Crippen molar-refractivity contribution in [3.63, 3.8) is 0 Å². The van der Waals surface area contributed by atoms with E-state index in [1.165, 1.54) is 0 Å². The summed E-state index contributed by atoms with van der Waals surface area (Å²) in [4.78, 5) is 24.7. The number of carboxylic acid groups (broad SMARTS) is 1. The number of carboxylic acids is 1. The molecule has 1 amide bonds. The second-order valence-electron chi connectivity index (χ2n) is 5.70. The highest BCUT2D eigenvalue weighted by Gasteiger charge is 2.18. The molecule has 0 saturated carbocycles. The van der Waals surface area contributed by atoms with E-state index in [4.69, 9.17) is 5.11 Å². The molecule has 2 N–H and O–H groups in total. The number of amides is 1. The minimum atomic E-state index is -0.872. The number of carbonyl (C=O) groups excluding carboxylic acids is 1. The van der Waals surface area contributed by atoms with Crippen molar-refractivity contribution >= 4 is 11.9 Å². The lowest BCUT2D eigenvalue weighted by Crippen LogP contribution is -2.36. The van der Waals surface area contributed by atoms with E-state index in [9.17, 15) is 9.59 Å². The van der Waals surface area contributed by atoms with Crippen molar-refractivity contribution in [1.29, 1.82) is 0 Å². The molecule has 0 aliphatic rings. The molecule has 0 bridgehead atoms. The lowest BCUT2D eigenvalue weighted by molar-refractivity contribution is -0.138. The van der Waals surface area contributed by atoms with Crippen molar-refractivity contribution in [1.82, 2.24) is 10.2 Å². The summed E-state index contributed by atoms with van der Waals surface area (Å²) in [6, 6.07) is 9.69. The summed E-state index contributed by atoms with van der Waals surface area (Å²) in [5, 5.41) is 11.7. The first-order chi connectivity index (χ1) is 9.88. The zero-order valence-electron chi connectivity index (χ0n) is 12.9. The Labute approximate surface area is 126 Å². The predicted molar refractivity (Wildman–Crippen MR) is 81.9 cm³/mol. The van der Waals surface area contributed by atoms with Gasteiger partial charge in [0.1, 0.15) is 0 Å². The molecule has 5 nitrogen and oxygen atoms in total. The number of carbonyl (C=O) groups is 2. The molecule has 116 valence electrons. The first-order valence-corrected chi connectivity index (χ1v) is 7.09. The summed E-state index contributed by atoms with van der Waals surface area (Å²) in [5.74, 6) is -1.15. The van der Waals surface area contributed by atoms with Crippen LogP contribution in [0.2, 0.25) is 0 Å². The molecule has 1 aromatic carbocycles. The lowest BCUT2D eigenvalue weighted by Gasteiger charge is -2.23. The van der Waals surface area contributed by atoms with Crippen LogP contribution in [-0.4, -0.2) is 42.5 Å². The van der Waals surface area contributed by atoms with Gasteiger partial charge in [-0.05, 0) is 25.6 Å². The highest BCUT2D eigenvalue weighted by Crippen LogP contribution is 2.15. The van der Waals surface area contributed by atoms with E-state index < -0.39 is 5.97 Å². The molecule has 0 aromatic heterocycles. The van der Waals surface area contributed by atoms with Crippen molar-refractivity contribution in [3.8, 4) is 0 Å². The Morgan fingerprint density at radius 3 is 2.33 bits per heavy atom. The van der Waals surface area contributed by atoms with Gasteiger partial charge in [-0.25, -0.2) is 0 Å². The lowest BCUT2D eigenvalue weighted by atomic mass is 10.0. The molecule has 0 fully saturated rings. The van der Waals surface area contributed by atoms with Gasteiger partial charge in [0.05, 0.1) is 6.04 Å². The van der Waals surface area contributed by atoms with Gasteiger partial charge in [0.25, 0.3) is 0 Å². The molecule has 5 heteroatoms. The van der Waals surface area contributed by atoms with E-state index in [1.807, 2.05) is 49.3 Å². The Kier molecular flexibility index (Phi) is 6.88. The molecule has 0 heterocycles. The number of nitrogens with one attached hydrogen (secondary N) is 1. The Morgan fingerprint density at radius 1 is 1.19 bits per heavy atom. The molecule has 2 atom stereocenters. The summed E-state index contributed by atoms with van der Waals surface area (Å²) in [7, 11) is 3.91. The number of benzene rings is 1. The highest BCUT2D eigenvalue weighted by atomic mass is 16.4. The minimum Gasteiger partial charge on any atom is -0.481 e. The number of hydrogen-bond acceptors (Lipinski definition) is 3. The maximum absolute atomic E-state index is 12.1. The highest BCUT2D eigenvalue weighted by molar-refractivity contribution is 5.77. The van der Waals surface area contributed by atoms with E-state index in [2.05, 4.69) is 5.32 Å². The van der Waals surface area contributed by atoms with E-state index >= 15 is 0 Å². The third kappa shape index (κ3) is 6.90. The van der Waals surface area contributed by atoms with Gasteiger partial charge in [-0.15, -0.1) is 0 Å². The predicted octanol–water partition coefficient (Wildman–Crippen LogP) is 1.91. The van der Waals surface area contributed by atoms with Gasteiger partial charge in [0.2, 0.25) is 5.91 Å². The topological polar surface area (TPSA) is 69.6 Å². The Morgan fingerprint density at radius 2 is 1.81 bits per heavy atom. The number of rotatable bonds is 8. The standard InChI is InChI=1S/C16H24N2O3/c1-12(10-16(20)21)9-15(19)17-14(11-18(2)3)13-7-5-4-6-8-13/h4-8,12,14H,9-11H2,1-3H3,(H,17,19)(H,20,21). The van der Waals surface area contributed by atoms with Crippen molar-refractivity contribution in [2.45, 2.75) is 25.8 Å². The molecule has 0 radical (unpaired) electrons. The molecular formula is C16H24N2O3. The fourth-order valence-corrected chi connectivity index (χ4v) is 2.22. The molecule has 21 heavy (non-hydrogen) atoms. The maximum atomic E-state index is 12.1. The summed E-state index contributed by atoms with van der Waals surface area (Å²) < 4.78 is 0. The quantitative estimate of drug-likeness (QED) is 0.768. The van der Waals surface area contributed by atoms with Gasteiger partial charge in [0.15, 0.2) is 0 Å². The Hall–Kier alpha value is -1.88. The molecule has 1 rings (SSSR count). The van der Waals surface area contributed by atoms with E-state index in [0.29, 0.717) is 6.54 Å². The van der Waals surface area contributed by atoms with Crippen LogP contribution in [-0.2, 0) is 9.59 Å². The largest absolute Gasteiger partial charge is 0.481 e. The molecule has 2 unspecified atom stereocenters. The van der Waals surface area contributed by atoms with Gasteiger partial charge in [-0.3, -0.25) is 9.59 Å². The number of hydrogen-bond donors (Lipinski definition) is 2. The number of likely N-dealkylation sites (N-methyl/N-ethyl adjacent to an activating group) is 1. The molecule has 0 saturated heterocycles. The normalized spacial score (nSPS) is 13.7. The van der Waals surface area contributed by atoms with Crippen LogP contribution in [0.4, 0.5) is 0 Å². The van der Waals surface area contributed by atoms with Crippen molar-refractivity contribution in [3.05, 3.63) is 35.9 Å². The Balaban J connectivity index is 2.64. The Bertz CT molecular complexity index is 460. The van der Waals surface area contributed by atoms with Gasteiger partial charge in [-0.1, -0.05) is 37.3 Å². The molecule has 1 aromatic rings. The van der Waals surface area contributed by atoms with Gasteiger partial charge in [0, 0.05) is 19.4 Å². The third-order valence-electron chi connectivity index (χ3n) is 3.14. The van der Waals surface area contributed by atoms with Crippen molar-refractivity contribution in [2.24, 2.45) is 5.92 Å². The zero-order chi connectivity index (χ0) is 15.8. The third-order valence-corrected chi connectivity index (χ3v) is 3.14. The monoisotopic (exact) mass is 292 g/mol. The van der Waals surface area contributed by atoms with Crippen molar-refractivity contribution < 1.29 is 14.7 Å². The smallest absolute Gasteiger partial charge is 0.303 e. The zero-order valence-corrected chi connectivity index (χ0v) is 12.9. The molecule has 0 aliphatic carbocycles. The van der Waals surface area contributed by atoms with E-state index in [0.717, 1.165) is 5.56 Å². The average molecular weight is 292 g/mol. The van der Waals surface area contributed by atoms with Crippen LogP contribution < -0.4 is 5.32 Å². The fraction of sp³-hybridized carbons (Fsp3) is 0.500. The van der Waals surface area contributed by atoms with Gasteiger partial charge >= 0.3 is 5.97 Å². The minimum absolute atomic E-state index is 0.0110. The molecule has 0 spiro atoms.